The van der Waals surface area contributed by atoms with Gasteiger partial charge in [-0.1, -0.05) is 6.07 Å². The van der Waals surface area contributed by atoms with E-state index in [4.69, 9.17) is 15.4 Å². The van der Waals surface area contributed by atoms with Gasteiger partial charge in [-0.2, -0.15) is 8.42 Å². The van der Waals surface area contributed by atoms with Crippen molar-refractivity contribution in [2.45, 2.75) is 16.2 Å². The van der Waals surface area contributed by atoms with Crippen molar-refractivity contribution in [2.75, 3.05) is 18.9 Å². The number of aliphatic hydroxyl groups excluding tert-OH is 1. The summed E-state index contributed by atoms with van der Waals surface area (Å²) < 4.78 is 55.0. The Bertz CT molecular complexity index is 651. The third-order valence-electron chi connectivity index (χ3n) is 2.45. The molecule has 1 aromatic rings. The third-order valence-corrected chi connectivity index (χ3v) is 5.08. The van der Waals surface area contributed by atoms with Crippen LogP contribution in [0.15, 0.2) is 28.0 Å². The summed E-state index contributed by atoms with van der Waals surface area (Å²) in [6.07, 6.45) is 0.190. The second-order valence-electron chi connectivity index (χ2n) is 3.83. The van der Waals surface area contributed by atoms with Crippen LogP contribution in [0, 0.1) is 0 Å². The maximum absolute atomic E-state index is 11.7. The van der Waals surface area contributed by atoms with Crippen molar-refractivity contribution in [1.29, 1.82) is 0 Å². The zero-order chi connectivity index (χ0) is 14.7. The van der Waals surface area contributed by atoms with Gasteiger partial charge in [-0.3, -0.25) is 4.55 Å². The Morgan fingerprint density at radius 3 is 2.26 bits per heavy atom. The van der Waals surface area contributed by atoms with Gasteiger partial charge in [0.2, 0.25) is 0 Å². The molecule has 0 saturated carbocycles. The summed E-state index contributed by atoms with van der Waals surface area (Å²) in [5, 5.41) is 8.67. The lowest BCUT2D eigenvalue weighted by Gasteiger charge is -2.09. The van der Waals surface area contributed by atoms with Crippen LogP contribution < -0.4 is 5.73 Å². The zero-order valence-electron chi connectivity index (χ0n) is 9.98. The number of rotatable bonds is 6. The normalized spacial score (nSPS) is 12.6. The van der Waals surface area contributed by atoms with Gasteiger partial charge < -0.3 is 10.8 Å². The first-order valence-corrected chi connectivity index (χ1v) is 8.45. The number of benzene rings is 1. The average Bonchev–Trinajstić information content (AvgIpc) is 2.28. The Morgan fingerprint density at radius 1 is 1.16 bits per heavy atom. The fourth-order valence-corrected chi connectivity index (χ4v) is 3.47. The largest absolute Gasteiger partial charge is 0.395 e. The van der Waals surface area contributed by atoms with Gasteiger partial charge in [0.25, 0.3) is 10.1 Å². The molecule has 0 unspecified atom stereocenters. The molecule has 0 atom stereocenters. The predicted octanol–water partition coefficient (Wildman–Crippen LogP) is -0.800. The molecule has 0 aliphatic carbocycles. The predicted molar refractivity (Wildman–Crippen MR) is 68.2 cm³/mol. The van der Waals surface area contributed by atoms with Gasteiger partial charge >= 0.3 is 0 Å². The molecule has 0 fully saturated rings. The van der Waals surface area contributed by atoms with Crippen molar-refractivity contribution < 1.29 is 26.5 Å². The van der Waals surface area contributed by atoms with E-state index in [0.29, 0.717) is 0 Å². The molecule has 0 saturated heterocycles. The first kappa shape index (κ1) is 16.1. The number of hydrogen-bond acceptors (Lipinski definition) is 6. The standard InChI is InChI=1S/C10H15NO6S2/c11-4-3-8-1-2-9(18(13,14)6-5-12)7-10(8)19(15,16)17/h1-2,7,12H,3-6,11H2,(H,15,16,17). The molecule has 7 nitrogen and oxygen atoms in total. The summed E-state index contributed by atoms with van der Waals surface area (Å²) in [5.74, 6) is -0.520. The highest BCUT2D eigenvalue weighted by atomic mass is 32.2. The molecule has 0 radical (unpaired) electrons. The molecule has 0 aliphatic heterocycles. The van der Waals surface area contributed by atoms with E-state index in [9.17, 15) is 16.8 Å². The van der Waals surface area contributed by atoms with Crippen LogP contribution in [-0.2, 0) is 26.4 Å². The van der Waals surface area contributed by atoms with Crippen molar-refractivity contribution in [2.24, 2.45) is 5.73 Å². The lowest BCUT2D eigenvalue weighted by molar-refractivity contribution is 0.319. The van der Waals surface area contributed by atoms with E-state index < -0.39 is 37.2 Å². The van der Waals surface area contributed by atoms with Crippen LogP contribution in [0.1, 0.15) is 5.56 Å². The quantitative estimate of drug-likeness (QED) is 0.585. The van der Waals surface area contributed by atoms with Gasteiger partial charge in [-0.05, 0) is 30.7 Å². The van der Waals surface area contributed by atoms with Crippen LogP contribution in [-0.4, -0.2) is 45.4 Å². The minimum Gasteiger partial charge on any atom is -0.395 e. The smallest absolute Gasteiger partial charge is 0.294 e. The maximum Gasteiger partial charge on any atom is 0.294 e. The number of aliphatic hydroxyl groups is 1. The second kappa shape index (κ2) is 5.97. The minimum atomic E-state index is -4.54. The lowest BCUT2D eigenvalue weighted by Crippen LogP contribution is -2.13. The first-order valence-electron chi connectivity index (χ1n) is 5.36. The SMILES string of the molecule is NCCc1ccc(S(=O)(=O)CCO)cc1S(=O)(=O)O. The highest BCUT2D eigenvalue weighted by molar-refractivity contribution is 7.91. The first-order chi connectivity index (χ1) is 8.72. The zero-order valence-corrected chi connectivity index (χ0v) is 11.6. The molecule has 9 heteroatoms. The fraction of sp³-hybridized carbons (Fsp3) is 0.400. The Morgan fingerprint density at radius 2 is 1.79 bits per heavy atom. The summed E-state index contributed by atoms with van der Waals surface area (Å²) in [7, 11) is -8.32. The van der Waals surface area contributed by atoms with Gasteiger partial charge in [-0.15, -0.1) is 0 Å². The van der Waals surface area contributed by atoms with Crippen molar-refractivity contribution in [3.63, 3.8) is 0 Å². The minimum absolute atomic E-state index is 0.158. The van der Waals surface area contributed by atoms with Crippen molar-refractivity contribution in [1.82, 2.24) is 0 Å². The Hall–Kier alpha value is -1.00. The summed E-state index contributed by atoms with van der Waals surface area (Å²) in [6, 6.07) is 3.40. The molecule has 0 aliphatic rings. The fourth-order valence-electron chi connectivity index (χ4n) is 1.57. The van der Waals surface area contributed by atoms with Crippen molar-refractivity contribution >= 4 is 20.0 Å². The van der Waals surface area contributed by atoms with Crippen molar-refractivity contribution in [3.05, 3.63) is 23.8 Å². The highest BCUT2D eigenvalue weighted by Crippen LogP contribution is 2.21. The molecule has 1 rings (SSSR count). The maximum atomic E-state index is 11.7. The Labute approximate surface area is 111 Å². The van der Waals surface area contributed by atoms with Crippen LogP contribution in [0.3, 0.4) is 0 Å². The molecular weight excluding hydrogens is 294 g/mol. The second-order valence-corrected chi connectivity index (χ2v) is 7.32. The van der Waals surface area contributed by atoms with Gasteiger partial charge in [-0.25, -0.2) is 8.42 Å². The van der Waals surface area contributed by atoms with Gasteiger partial charge in [0.05, 0.1) is 22.2 Å². The third kappa shape index (κ3) is 3.98. The highest BCUT2D eigenvalue weighted by Gasteiger charge is 2.21. The average molecular weight is 309 g/mol. The molecule has 108 valence electrons. The summed E-state index contributed by atoms with van der Waals surface area (Å²) >= 11 is 0. The van der Waals surface area contributed by atoms with Gasteiger partial charge in [0.15, 0.2) is 9.84 Å². The molecule has 0 heterocycles. The molecule has 19 heavy (non-hydrogen) atoms. The van der Waals surface area contributed by atoms with Crippen LogP contribution >= 0.6 is 0 Å². The summed E-state index contributed by atoms with van der Waals surface area (Å²) in [6.45, 7) is -0.417. The van der Waals surface area contributed by atoms with E-state index in [2.05, 4.69) is 0 Å². The van der Waals surface area contributed by atoms with E-state index in [1.807, 2.05) is 0 Å². The van der Waals surface area contributed by atoms with Crippen LogP contribution in [0.2, 0.25) is 0 Å². The molecular formula is C10H15NO6S2. The van der Waals surface area contributed by atoms with E-state index in [1.54, 1.807) is 0 Å². The van der Waals surface area contributed by atoms with Crippen LogP contribution in [0.4, 0.5) is 0 Å². The molecule has 0 amide bonds. The molecule has 0 spiro atoms. The monoisotopic (exact) mass is 309 g/mol. The van der Waals surface area contributed by atoms with Crippen molar-refractivity contribution in [3.8, 4) is 0 Å². The molecule has 0 aromatic heterocycles. The number of nitrogens with two attached hydrogens (primary N) is 1. The van der Waals surface area contributed by atoms with Gasteiger partial charge in [0.1, 0.15) is 0 Å². The van der Waals surface area contributed by atoms with Gasteiger partial charge in [0, 0.05) is 0 Å². The lowest BCUT2D eigenvalue weighted by atomic mass is 10.1. The number of hydrogen-bond donors (Lipinski definition) is 3. The number of sulfone groups is 1. The Balaban J connectivity index is 3.43. The summed E-state index contributed by atoms with van der Waals surface area (Å²) in [4.78, 5) is -0.744. The van der Waals surface area contributed by atoms with Crippen LogP contribution in [0.5, 0.6) is 0 Å². The van der Waals surface area contributed by atoms with E-state index in [1.165, 1.54) is 12.1 Å². The Kier molecular flexibility index (Phi) is 5.04. The summed E-state index contributed by atoms with van der Waals surface area (Å²) in [5.41, 5.74) is 5.56. The van der Waals surface area contributed by atoms with E-state index in [-0.39, 0.29) is 23.4 Å². The molecule has 4 N–H and O–H groups in total. The van der Waals surface area contributed by atoms with Crippen LogP contribution in [0.25, 0.3) is 0 Å². The molecule has 0 bridgehead atoms. The van der Waals surface area contributed by atoms with E-state index in [0.717, 1.165) is 6.07 Å². The topological polar surface area (TPSA) is 135 Å². The molecule has 1 aromatic carbocycles. The van der Waals surface area contributed by atoms with E-state index >= 15 is 0 Å².